The summed E-state index contributed by atoms with van der Waals surface area (Å²) in [5.74, 6) is 0.731. The number of nitrogens with one attached hydrogen (secondary N) is 2. The predicted octanol–water partition coefficient (Wildman–Crippen LogP) is 2.73. The van der Waals surface area contributed by atoms with Gasteiger partial charge < -0.3 is 9.84 Å². The van der Waals surface area contributed by atoms with E-state index in [1.165, 1.54) is 17.4 Å². The van der Waals surface area contributed by atoms with E-state index in [2.05, 4.69) is 20.2 Å². The van der Waals surface area contributed by atoms with E-state index in [1.807, 2.05) is 17.5 Å². The first-order valence-corrected chi connectivity index (χ1v) is 11.4. The molecule has 0 saturated carbocycles. The monoisotopic (exact) mass is 434 g/mol. The molecule has 2 heterocycles. The van der Waals surface area contributed by atoms with E-state index in [1.54, 1.807) is 32.0 Å². The Morgan fingerprint density at radius 1 is 1.24 bits per heavy atom. The molecule has 3 rings (SSSR count). The summed E-state index contributed by atoms with van der Waals surface area (Å²) < 4.78 is 32.2. The Labute approximate surface area is 173 Å². The lowest BCUT2D eigenvalue weighted by molar-refractivity contribution is -0.121. The molecule has 0 saturated heterocycles. The molecule has 1 amide bonds. The van der Waals surface area contributed by atoms with Crippen LogP contribution in [0.5, 0.6) is 0 Å². The second-order valence-electron chi connectivity index (χ2n) is 6.69. The Morgan fingerprint density at radius 3 is 2.79 bits per heavy atom. The van der Waals surface area contributed by atoms with Crippen LogP contribution in [0.15, 0.2) is 51.2 Å². The van der Waals surface area contributed by atoms with Crippen molar-refractivity contribution in [3.63, 3.8) is 0 Å². The maximum atomic E-state index is 12.3. The number of benzene rings is 1. The Hall–Kier alpha value is -2.56. The molecule has 0 fully saturated rings. The molecule has 0 aliphatic rings. The number of hydrogen-bond donors (Lipinski definition) is 2. The van der Waals surface area contributed by atoms with Crippen LogP contribution in [0.3, 0.4) is 0 Å². The van der Waals surface area contributed by atoms with Crippen LogP contribution in [-0.4, -0.2) is 30.5 Å². The number of amides is 1. The first-order valence-electron chi connectivity index (χ1n) is 9.08. The Bertz CT molecular complexity index is 1060. The van der Waals surface area contributed by atoms with Crippen molar-refractivity contribution in [3.8, 4) is 10.7 Å². The van der Waals surface area contributed by atoms with Crippen molar-refractivity contribution in [2.75, 3.05) is 0 Å². The summed E-state index contributed by atoms with van der Waals surface area (Å²) in [5.41, 5.74) is 0.697. The van der Waals surface area contributed by atoms with Crippen molar-refractivity contribution >= 4 is 27.3 Å². The molecule has 0 aliphatic heterocycles. The number of nitrogens with zero attached hydrogens (tertiary/aromatic N) is 2. The SMILES string of the molecule is CC(C)NS(=O)(=O)c1cccc(CNC(=O)CCc2nc(-c3cccs3)no2)c1. The predicted molar refractivity (Wildman–Crippen MR) is 110 cm³/mol. The van der Waals surface area contributed by atoms with Gasteiger partial charge in [0.25, 0.3) is 0 Å². The first kappa shape index (κ1) is 21.2. The fourth-order valence-corrected chi connectivity index (χ4v) is 4.54. The van der Waals surface area contributed by atoms with E-state index in [0.29, 0.717) is 23.7 Å². The lowest BCUT2D eigenvalue weighted by atomic mass is 10.2. The van der Waals surface area contributed by atoms with Gasteiger partial charge in [-0.25, -0.2) is 13.1 Å². The fraction of sp³-hybridized carbons (Fsp3) is 0.316. The van der Waals surface area contributed by atoms with Crippen molar-refractivity contribution in [1.29, 1.82) is 0 Å². The smallest absolute Gasteiger partial charge is 0.240 e. The highest BCUT2D eigenvalue weighted by atomic mass is 32.2. The van der Waals surface area contributed by atoms with E-state index in [9.17, 15) is 13.2 Å². The van der Waals surface area contributed by atoms with Crippen LogP contribution in [0.2, 0.25) is 0 Å². The van der Waals surface area contributed by atoms with E-state index in [-0.39, 0.29) is 29.8 Å². The standard InChI is InChI=1S/C19H22N4O4S2/c1-13(2)23-29(25,26)15-6-3-5-14(11-15)12-20-17(24)8-9-18-21-19(22-27-18)16-7-4-10-28-16/h3-7,10-11,13,23H,8-9,12H2,1-2H3,(H,20,24). The molecule has 8 nitrogen and oxygen atoms in total. The van der Waals surface area contributed by atoms with Gasteiger partial charge in [0.15, 0.2) is 0 Å². The summed E-state index contributed by atoms with van der Waals surface area (Å²) >= 11 is 1.51. The quantitative estimate of drug-likeness (QED) is 0.535. The molecule has 2 N–H and O–H groups in total. The van der Waals surface area contributed by atoms with Crippen LogP contribution in [0.25, 0.3) is 10.7 Å². The molecule has 1 aromatic carbocycles. The Balaban J connectivity index is 1.51. The topological polar surface area (TPSA) is 114 Å². The molecule has 0 radical (unpaired) electrons. The number of sulfonamides is 1. The van der Waals surface area contributed by atoms with E-state index < -0.39 is 10.0 Å². The fourth-order valence-electron chi connectivity index (χ4n) is 2.57. The lowest BCUT2D eigenvalue weighted by Crippen LogP contribution is -2.30. The summed E-state index contributed by atoms with van der Waals surface area (Å²) in [6.45, 7) is 3.75. The van der Waals surface area contributed by atoms with Gasteiger partial charge in [-0.15, -0.1) is 11.3 Å². The lowest BCUT2D eigenvalue weighted by Gasteiger charge is -2.11. The third-order valence-corrected chi connectivity index (χ3v) is 6.39. The van der Waals surface area contributed by atoms with Gasteiger partial charge in [-0.1, -0.05) is 23.4 Å². The number of carbonyl (C=O) groups excluding carboxylic acids is 1. The molecule has 154 valence electrons. The molecule has 0 spiro atoms. The average molecular weight is 435 g/mol. The summed E-state index contributed by atoms with van der Waals surface area (Å²) in [7, 11) is -3.57. The average Bonchev–Trinajstić information content (AvgIpc) is 3.35. The van der Waals surface area contributed by atoms with Gasteiger partial charge in [0.2, 0.25) is 27.6 Å². The van der Waals surface area contributed by atoms with Crippen molar-refractivity contribution in [2.24, 2.45) is 0 Å². The molecule has 29 heavy (non-hydrogen) atoms. The number of carbonyl (C=O) groups is 1. The van der Waals surface area contributed by atoms with Crippen LogP contribution in [0.4, 0.5) is 0 Å². The summed E-state index contributed by atoms with van der Waals surface area (Å²) in [6, 6.07) is 10.1. The van der Waals surface area contributed by atoms with E-state index in [0.717, 1.165) is 4.88 Å². The molecule has 0 atom stereocenters. The van der Waals surface area contributed by atoms with Crippen LogP contribution < -0.4 is 10.0 Å². The number of rotatable bonds is 9. The molecular formula is C19H22N4O4S2. The maximum Gasteiger partial charge on any atom is 0.240 e. The highest BCUT2D eigenvalue weighted by Crippen LogP contribution is 2.21. The zero-order chi connectivity index (χ0) is 20.9. The van der Waals surface area contributed by atoms with Crippen LogP contribution in [0, 0.1) is 0 Å². The molecule has 0 bridgehead atoms. The highest BCUT2D eigenvalue weighted by molar-refractivity contribution is 7.89. The third-order valence-electron chi connectivity index (χ3n) is 3.86. The second-order valence-corrected chi connectivity index (χ2v) is 9.35. The molecule has 0 unspecified atom stereocenters. The summed E-state index contributed by atoms with van der Waals surface area (Å²) in [4.78, 5) is 17.5. The minimum absolute atomic E-state index is 0.171. The second kappa shape index (κ2) is 9.29. The van der Waals surface area contributed by atoms with Gasteiger partial charge in [0, 0.05) is 25.4 Å². The van der Waals surface area contributed by atoms with E-state index in [4.69, 9.17) is 4.52 Å². The first-order chi connectivity index (χ1) is 13.8. The summed E-state index contributed by atoms with van der Waals surface area (Å²) in [6.07, 6.45) is 0.524. The third kappa shape index (κ3) is 5.96. The van der Waals surface area contributed by atoms with Crippen molar-refractivity contribution in [1.82, 2.24) is 20.2 Å². The zero-order valence-electron chi connectivity index (χ0n) is 16.1. The summed E-state index contributed by atoms with van der Waals surface area (Å²) in [5, 5.41) is 8.62. The largest absolute Gasteiger partial charge is 0.352 e. The van der Waals surface area contributed by atoms with E-state index >= 15 is 0 Å². The number of aromatic nitrogens is 2. The minimum atomic E-state index is -3.57. The maximum absolute atomic E-state index is 12.3. The van der Waals surface area contributed by atoms with Gasteiger partial charge in [0.1, 0.15) is 0 Å². The van der Waals surface area contributed by atoms with Gasteiger partial charge in [-0.05, 0) is 43.0 Å². The number of aryl methyl sites for hydroxylation is 1. The van der Waals surface area contributed by atoms with Crippen LogP contribution >= 0.6 is 11.3 Å². The van der Waals surface area contributed by atoms with Crippen molar-refractivity contribution in [3.05, 3.63) is 53.2 Å². The molecule has 10 heteroatoms. The van der Waals surface area contributed by atoms with Gasteiger partial charge in [-0.3, -0.25) is 4.79 Å². The molecule has 3 aromatic rings. The Kier molecular flexibility index (Phi) is 6.78. The molecule has 0 aliphatic carbocycles. The Morgan fingerprint density at radius 2 is 2.07 bits per heavy atom. The van der Waals surface area contributed by atoms with Gasteiger partial charge in [-0.2, -0.15) is 4.98 Å². The van der Waals surface area contributed by atoms with Crippen LogP contribution in [-0.2, 0) is 27.8 Å². The van der Waals surface area contributed by atoms with Gasteiger partial charge >= 0.3 is 0 Å². The minimum Gasteiger partial charge on any atom is -0.352 e. The normalized spacial score (nSPS) is 11.7. The highest BCUT2D eigenvalue weighted by Gasteiger charge is 2.16. The number of thiophene rings is 1. The zero-order valence-corrected chi connectivity index (χ0v) is 17.7. The number of hydrogen-bond acceptors (Lipinski definition) is 7. The van der Waals surface area contributed by atoms with Crippen molar-refractivity contribution < 1.29 is 17.7 Å². The van der Waals surface area contributed by atoms with Crippen LogP contribution in [0.1, 0.15) is 31.7 Å². The molecular weight excluding hydrogens is 412 g/mol. The van der Waals surface area contributed by atoms with Crippen molar-refractivity contribution in [2.45, 2.75) is 44.2 Å². The van der Waals surface area contributed by atoms with Gasteiger partial charge in [0.05, 0.1) is 9.77 Å². The molecule has 2 aromatic heterocycles.